The molecule has 1 atom stereocenters. The molecule has 1 aromatic rings. The van der Waals surface area contributed by atoms with E-state index in [4.69, 9.17) is 6.42 Å². The molecule has 1 aliphatic rings. The Labute approximate surface area is 134 Å². The van der Waals surface area contributed by atoms with Gasteiger partial charge in [-0.05, 0) is 12.5 Å². The Balaban J connectivity index is 2.51. The van der Waals surface area contributed by atoms with Crippen LogP contribution >= 0.6 is 0 Å². The number of hydrogen-bond acceptors (Lipinski definition) is 6. The zero-order chi connectivity index (χ0) is 17.3. The topological polar surface area (TPSA) is 115 Å². The van der Waals surface area contributed by atoms with Crippen molar-refractivity contribution in [3.63, 3.8) is 0 Å². The number of benzene rings is 1. The number of nitro benzene ring substituents is 1. The van der Waals surface area contributed by atoms with Crippen molar-refractivity contribution in [2.75, 3.05) is 18.1 Å². The Morgan fingerprint density at radius 2 is 2.04 bits per heavy atom. The molecule has 1 fully saturated rings. The molecule has 124 valence electrons. The Hall–Kier alpha value is -1.96. The third-order valence-electron chi connectivity index (χ3n) is 3.51. The van der Waals surface area contributed by atoms with Crippen LogP contribution in [0.1, 0.15) is 6.42 Å². The van der Waals surface area contributed by atoms with Gasteiger partial charge in [-0.1, -0.05) is 18.1 Å². The number of terminal acetylenes is 1. The minimum atomic E-state index is -4.29. The molecular formula is C13H14N2O6S2. The first-order chi connectivity index (χ1) is 10.7. The molecule has 1 saturated heterocycles. The van der Waals surface area contributed by atoms with Gasteiger partial charge >= 0.3 is 0 Å². The lowest BCUT2D eigenvalue weighted by atomic mass is 10.3. The molecule has 0 saturated carbocycles. The smallest absolute Gasteiger partial charge is 0.258 e. The van der Waals surface area contributed by atoms with Gasteiger partial charge in [0.25, 0.3) is 15.7 Å². The zero-order valence-corrected chi connectivity index (χ0v) is 13.6. The van der Waals surface area contributed by atoms with Gasteiger partial charge in [-0.25, -0.2) is 16.8 Å². The molecule has 2 rings (SSSR count). The van der Waals surface area contributed by atoms with Crippen LogP contribution in [0.15, 0.2) is 29.2 Å². The number of nitrogens with zero attached hydrogens (tertiary/aromatic N) is 2. The molecule has 10 heteroatoms. The molecule has 1 heterocycles. The van der Waals surface area contributed by atoms with Gasteiger partial charge < -0.3 is 0 Å². The molecule has 0 amide bonds. The second-order valence-corrected chi connectivity index (χ2v) is 9.12. The van der Waals surface area contributed by atoms with Crippen molar-refractivity contribution in [2.24, 2.45) is 0 Å². The lowest BCUT2D eigenvalue weighted by molar-refractivity contribution is -0.387. The minimum Gasteiger partial charge on any atom is -0.258 e. The average molecular weight is 358 g/mol. The first kappa shape index (κ1) is 17.4. The van der Waals surface area contributed by atoms with E-state index in [0.717, 1.165) is 16.4 Å². The quantitative estimate of drug-likeness (QED) is 0.428. The Morgan fingerprint density at radius 1 is 1.39 bits per heavy atom. The molecular weight excluding hydrogens is 344 g/mol. The summed E-state index contributed by atoms with van der Waals surface area (Å²) >= 11 is 0. The predicted octanol–water partition coefficient (Wildman–Crippen LogP) is 0.406. The first-order valence-electron chi connectivity index (χ1n) is 6.58. The van der Waals surface area contributed by atoms with E-state index in [1.807, 2.05) is 0 Å². The standard InChI is InChI=1S/C13H14N2O6S2/c1-2-8-14(11-7-9-22(18,19)10-11)23(20,21)13-6-4-3-5-12(13)15(16)17/h1,3-6,11H,7-10H2. The van der Waals surface area contributed by atoms with Crippen LogP contribution in [0.25, 0.3) is 0 Å². The van der Waals surface area contributed by atoms with Crippen molar-refractivity contribution in [1.29, 1.82) is 0 Å². The van der Waals surface area contributed by atoms with Gasteiger partial charge in [-0.3, -0.25) is 10.1 Å². The molecule has 0 bridgehead atoms. The van der Waals surface area contributed by atoms with Crippen molar-refractivity contribution < 1.29 is 21.8 Å². The van der Waals surface area contributed by atoms with Crippen molar-refractivity contribution in [3.8, 4) is 12.3 Å². The van der Waals surface area contributed by atoms with Gasteiger partial charge in [0.1, 0.15) is 0 Å². The van der Waals surface area contributed by atoms with E-state index in [9.17, 15) is 26.9 Å². The lowest BCUT2D eigenvalue weighted by Crippen LogP contribution is -2.41. The van der Waals surface area contributed by atoms with Gasteiger partial charge in [-0.15, -0.1) is 6.42 Å². The molecule has 0 spiro atoms. The molecule has 0 radical (unpaired) electrons. The van der Waals surface area contributed by atoms with E-state index in [-0.39, 0.29) is 24.5 Å². The normalized spacial score (nSPS) is 20.3. The zero-order valence-electron chi connectivity index (χ0n) is 12.0. The fraction of sp³-hybridized carbons (Fsp3) is 0.385. The summed E-state index contributed by atoms with van der Waals surface area (Å²) in [6, 6.07) is 4.08. The van der Waals surface area contributed by atoms with E-state index in [2.05, 4.69) is 5.92 Å². The monoisotopic (exact) mass is 358 g/mol. The third-order valence-corrected chi connectivity index (χ3v) is 7.21. The van der Waals surface area contributed by atoms with Gasteiger partial charge in [0.05, 0.1) is 23.0 Å². The summed E-state index contributed by atoms with van der Waals surface area (Å²) in [6.07, 6.45) is 5.31. The Bertz CT molecular complexity index is 870. The van der Waals surface area contributed by atoms with Crippen LogP contribution in [-0.4, -0.2) is 50.2 Å². The SMILES string of the molecule is C#CCN(C1CCS(=O)(=O)C1)S(=O)(=O)c1ccccc1[N+](=O)[O-]. The molecule has 1 aromatic carbocycles. The van der Waals surface area contributed by atoms with E-state index in [1.54, 1.807) is 0 Å². The minimum absolute atomic E-state index is 0.115. The van der Waals surface area contributed by atoms with Crippen LogP contribution in [0.4, 0.5) is 5.69 Å². The maximum Gasteiger partial charge on any atom is 0.289 e. The average Bonchev–Trinajstić information content (AvgIpc) is 2.84. The van der Waals surface area contributed by atoms with Crippen LogP contribution < -0.4 is 0 Å². The second kappa shape index (κ2) is 6.27. The number of sulfone groups is 1. The summed E-state index contributed by atoms with van der Waals surface area (Å²) in [5.41, 5.74) is -0.574. The number of sulfonamides is 1. The van der Waals surface area contributed by atoms with Gasteiger partial charge in [-0.2, -0.15) is 4.31 Å². The number of para-hydroxylation sites is 1. The number of rotatable bonds is 5. The summed E-state index contributed by atoms with van der Waals surface area (Å²) < 4.78 is 49.6. The molecule has 23 heavy (non-hydrogen) atoms. The summed E-state index contributed by atoms with van der Waals surface area (Å²) in [5, 5.41) is 11.1. The Morgan fingerprint density at radius 3 is 2.57 bits per heavy atom. The highest BCUT2D eigenvalue weighted by Gasteiger charge is 2.40. The summed E-state index contributed by atoms with van der Waals surface area (Å²) in [7, 11) is -7.62. The van der Waals surface area contributed by atoms with Crippen LogP contribution in [0, 0.1) is 22.5 Å². The number of hydrogen-bond donors (Lipinski definition) is 0. The molecule has 0 N–H and O–H groups in total. The second-order valence-electron chi connectivity index (χ2n) is 5.04. The van der Waals surface area contributed by atoms with Crippen LogP contribution in [0.3, 0.4) is 0 Å². The van der Waals surface area contributed by atoms with Crippen LogP contribution in [0.5, 0.6) is 0 Å². The maximum absolute atomic E-state index is 12.8. The highest BCUT2D eigenvalue weighted by molar-refractivity contribution is 7.92. The van der Waals surface area contributed by atoms with Crippen molar-refractivity contribution in [2.45, 2.75) is 17.4 Å². The van der Waals surface area contributed by atoms with Crippen molar-refractivity contribution in [1.82, 2.24) is 4.31 Å². The predicted molar refractivity (Wildman–Crippen MR) is 82.9 cm³/mol. The fourth-order valence-electron chi connectivity index (χ4n) is 2.46. The van der Waals surface area contributed by atoms with Crippen LogP contribution in [0.2, 0.25) is 0 Å². The summed E-state index contributed by atoms with van der Waals surface area (Å²) in [5.74, 6) is 1.71. The molecule has 0 aliphatic carbocycles. The van der Waals surface area contributed by atoms with Crippen molar-refractivity contribution in [3.05, 3.63) is 34.4 Å². The van der Waals surface area contributed by atoms with E-state index in [0.29, 0.717) is 0 Å². The molecule has 1 aliphatic heterocycles. The molecule has 0 aromatic heterocycles. The van der Waals surface area contributed by atoms with E-state index < -0.39 is 41.4 Å². The summed E-state index contributed by atoms with van der Waals surface area (Å²) in [4.78, 5) is 9.76. The summed E-state index contributed by atoms with van der Waals surface area (Å²) in [6.45, 7) is -0.353. The largest absolute Gasteiger partial charge is 0.289 e. The molecule has 1 unspecified atom stereocenters. The van der Waals surface area contributed by atoms with Gasteiger partial charge in [0.2, 0.25) is 0 Å². The van der Waals surface area contributed by atoms with E-state index >= 15 is 0 Å². The van der Waals surface area contributed by atoms with E-state index in [1.165, 1.54) is 12.1 Å². The number of nitro groups is 1. The maximum atomic E-state index is 12.8. The Kier molecular flexibility index (Phi) is 4.74. The highest BCUT2D eigenvalue weighted by Crippen LogP contribution is 2.29. The molecule has 8 nitrogen and oxygen atoms in total. The van der Waals surface area contributed by atoms with Crippen molar-refractivity contribution >= 4 is 25.5 Å². The van der Waals surface area contributed by atoms with Gasteiger partial charge in [0.15, 0.2) is 14.7 Å². The van der Waals surface area contributed by atoms with Gasteiger partial charge in [0, 0.05) is 12.1 Å². The first-order valence-corrected chi connectivity index (χ1v) is 9.84. The third kappa shape index (κ3) is 3.52. The lowest BCUT2D eigenvalue weighted by Gasteiger charge is -2.25. The highest BCUT2D eigenvalue weighted by atomic mass is 32.2. The fourth-order valence-corrected chi connectivity index (χ4v) is 6.01. The van der Waals surface area contributed by atoms with Crippen LogP contribution in [-0.2, 0) is 19.9 Å².